The highest BCUT2D eigenvalue weighted by atomic mass is 16.6. The second-order valence-electron chi connectivity index (χ2n) is 4.57. The number of fused-ring (bicyclic) bond motifs is 1. The van der Waals surface area contributed by atoms with E-state index in [4.69, 9.17) is 9.47 Å². The Labute approximate surface area is 112 Å². The maximum absolute atomic E-state index is 5.64. The van der Waals surface area contributed by atoms with Crippen molar-refractivity contribution in [3.8, 4) is 22.8 Å². The molecule has 5 nitrogen and oxygen atoms in total. The van der Waals surface area contributed by atoms with Crippen LogP contribution in [0.25, 0.3) is 11.3 Å². The monoisotopic (exact) mass is 259 g/mol. The van der Waals surface area contributed by atoms with Crippen molar-refractivity contribution in [2.24, 2.45) is 0 Å². The summed E-state index contributed by atoms with van der Waals surface area (Å²) >= 11 is 0. The summed E-state index contributed by atoms with van der Waals surface area (Å²) in [7, 11) is 1.92. The van der Waals surface area contributed by atoms with Gasteiger partial charge in [-0.3, -0.25) is 0 Å². The molecule has 0 aliphatic carbocycles. The number of hydrogen-bond donors (Lipinski definition) is 2. The lowest BCUT2D eigenvalue weighted by Crippen LogP contribution is -2.15. The molecule has 2 N–H and O–H groups in total. The molecule has 0 atom stereocenters. The second kappa shape index (κ2) is 4.93. The minimum atomic E-state index is 0.597. The van der Waals surface area contributed by atoms with Crippen molar-refractivity contribution in [2.45, 2.75) is 13.5 Å². The van der Waals surface area contributed by atoms with Gasteiger partial charge in [0.2, 0.25) is 0 Å². The first kappa shape index (κ1) is 12.0. The number of imidazole rings is 1. The number of H-pyrrole nitrogens is 1. The number of hydrogen-bond acceptors (Lipinski definition) is 4. The summed E-state index contributed by atoms with van der Waals surface area (Å²) in [5.74, 6) is 1.61. The van der Waals surface area contributed by atoms with Gasteiger partial charge in [-0.1, -0.05) is 0 Å². The summed E-state index contributed by atoms with van der Waals surface area (Å²) in [6.45, 7) is 4.02. The number of nitrogens with zero attached hydrogens (tertiary/aromatic N) is 1. The number of nitrogens with one attached hydrogen (secondary N) is 2. The molecule has 0 radical (unpaired) electrons. The number of aromatic nitrogens is 2. The van der Waals surface area contributed by atoms with Crippen LogP contribution in [0, 0.1) is 6.92 Å². The second-order valence-corrected chi connectivity index (χ2v) is 4.57. The molecule has 19 heavy (non-hydrogen) atoms. The van der Waals surface area contributed by atoms with E-state index in [0.29, 0.717) is 13.2 Å². The fourth-order valence-electron chi connectivity index (χ4n) is 2.31. The predicted octanol–water partition coefficient (Wildman–Crippen LogP) is 1.88. The molecule has 1 aliphatic rings. The Morgan fingerprint density at radius 2 is 2.00 bits per heavy atom. The van der Waals surface area contributed by atoms with Gasteiger partial charge in [0.15, 0.2) is 11.5 Å². The van der Waals surface area contributed by atoms with Crippen LogP contribution in [0.15, 0.2) is 18.5 Å². The number of benzene rings is 1. The number of ether oxygens (including phenoxy) is 2. The molecule has 0 fully saturated rings. The van der Waals surface area contributed by atoms with Crippen LogP contribution in [0.3, 0.4) is 0 Å². The first-order valence-electron chi connectivity index (χ1n) is 6.37. The van der Waals surface area contributed by atoms with Crippen molar-refractivity contribution in [1.82, 2.24) is 15.3 Å². The fraction of sp³-hybridized carbons (Fsp3) is 0.357. The smallest absolute Gasteiger partial charge is 0.162 e. The quantitative estimate of drug-likeness (QED) is 0.883. The van der Waals surface area contributed by atoms with E-state index < -0.39 is 0 Å². The maximum Gasteiger partial charge on any atom is 0.162 e. The van der Waals surface area contributed by atoms with Gasteiger partial charge >= 0.3 is 0 Å². The maximum atomic E-state index is 5.64. The van der Waals surface area contributed by atoms with Crippen molar-refractivity contribution < 1.29 is 9.47 Å². The Bertz CT molecular complexity index is 592. The lowest BCUT2D eigenvalue weighted by Gasteiger charge is -2.20. The molecule has 0 saturated heterocycles. The van der Waals surface area contributed by atoms with Gasteiger partial charge in [-0.2, -0.15) is 0 Å². The molecule has 2 aromatic rings. The Morgan fingerprint density at radius 1 is 1.26 bits per heavy atom. The average Bonchev–Trinajstić information content (AvgIpc) is 2.86. The van der Waals surface area contributed by atoms with Crippen LogP contribution in [0.1, 0.15) is 11.3 Å². The summed E-state index contributed by atoms with van der Waals surface area (Å²) in [5.41, 5.74) is 4.25. The highest BCUT2D eigenvalue weighted by Crippen LogP contribution is 2.37. The standard InChI is InChI=1S/C14H17N3O2/c1-9-5-12-13(19-4-3-18-12)6-10(9)14-11(7-15-2)16-8-17-14/h5-6,8,15H,3-4,7H2,1-2H3,(H,16,17). The number of aromatic amines is 1. The van der Waals surface area contributed by atoms with Crippen molar-refractivity contribution >= 4 is 0 Å². The first-order chi connectivity index (χ1) is 9.29. The Balaban J connectivity index is 2.06. The minimum absolute atomic E-state index is 0.597. The lowest BCUT2D eigenvalue weighted by atomic mass is 10.0. The molecule has 2 heterocycles. The first-order valence-corrected chi connectivity index (χ1v) is 6.37. The van der Waals surface area contributed by atoms with Gasteiger partial charge in [0, 0.05) is 12.1 Å². The van der Waals surface area contributed by atoms with Crippen LogP contribution < -0.4 is 14.8 Å². The molecule has 0 amide bonds. The third kappa shape index (κ3) is 2.17. The summed E-state index contributed by atoms with van der Waals surface area (Å²) in [4.78, 5) is 7.59. The van der Waals surface area contributed by atoms with E-state index in [2.05, 4.69) is 22.2 Å². The summed E-state index contributed by atoms with van der Waals surface area (Å²) in [6.07, 6.45) is 1.72. The molecule has 3 rings (SSSR count). The van der Waals surface area contributed by atoms with Gasteiger partial charge in [-0.15, -0.1) is 0 Å². The van der Waals surface area contributed by atoms with E-state index in [9.17, 15) is 0 Å². The largest absolute Gasteiger partial charge is 0.486 e. The van der Waals surface area contributed by atoms with Gasteiger partial charge in [-0.05, 0) is 31.7 Å². The zero-order valence-electron chi connectivity index (χ0n) is 11.1. The molecule has 1 aromatic heterocycles. The van der Waals surface area contributed by atoms with Crippen LogP contribution in [-0.2, 0) is 6.54 Å². The van der Waals surface area contributed by atoms with Crippen LogP contribution in [0.2, 0.25) is 0 Å². The van der Waals surface area contributed by atoms with Gasteiger partial charge in [0.25, 0.3) is 0 Å². The number of aryl methyl sites for hydroxylation is 1. The van der Waals surface area contributed by atoms with Crippen LogP contribution in [0.4, 0.5) is 0 Å². The Kier molecular flexibility index (Phi) is 3.13. The molecule has 5 heteroatoms. The van der Waals surface area contributed by atoms with Gasteiger partial charge < -0.3 is 19.8 Å². The summed E-state index contributed by atoms with van der Waals surface area (Å²) in [6, 6.07) is 4.03. The average molecular weight is 259 g/mol. The van der Waals surface area contributed by atoms with E-state index in [1.54, 1.807) is 6.33 Å². The third-order valence-electron chi connectivity index (χ3n) is 3.22. The van der Waals surface area contributed by atoms with Crippen molar-refractivity contribution in [3.05, 3.63) is 29.7 Å². The molecule has 0 bridgehead atoms. The van der Waals surface area contributed by atoms with Gasteiger partial charge in [-0.25, -0.2) is 4.98 Å². The normalized spacial score (nSPS) is 13.6. The molecular weight excluding hydrogens is 242 g/mol. The highest BCUT2D eigenvalue weighted by molar-refractivity contribution is 5.70. The van der Waals surface area contributed by atoms with Crippen molar-refractivity contribution in [2.75, 3.05) is 20.3 Å². The molecular formula is C14H17N3O2. The van der Waals surface area contributed by atoms with Crippen LogP contribution in [-0.4, -0.2) is 30.2 Å². The van der Waals surface area contributed by atoms with E-state index in [1.807, 2.05) is 19.2 Å². The van der Waals surface area contributed by atoms with E-state index in [-0.39, 0.29) is 0 Å². The van der Waals surface area contributed by atoms with Crippen LogP contribution in [0.5, 0.6) is 11.5 Å². The van der Waals surface area contributed by atoms with E-state index in [1.165, 1.54) is 0 Å². The molecule has 1 aliphatic heterocycles. The topological polar surface area (TPSA) is 59.2 Å². The van der Waals surface area contributed by atoms with Gasteiger partial charge in [0.1, 0.15) is 13.2 Å². The van der Waals surface area contributed by atoms with Crippen molar-refractivity contribution in [1.29, 1.82) is 0 Å². The molecule has 0 saturated carbocycles. The van der Waals surface area contributed by atoms with Crippen LogP contribution >= 0.6 is 0 Å². The lowest BCUT2D eigenvalue weighted by molar-refractivity contribution is 0.171. The third-order valence-corrected chi connectivity index (χ3v) is 3.22. The predicted molar refractivity (Wildman–Crippen MR) is 72.5 cm³/mol. The molecule has 100 valence electrons. The highest BCUT2D eigenvalue weighted by Gasteiger charge is 2.17. The Morgan fingerprint density at radius 3 is 2.74 bits per heavy atom. The molecule has 0 spiro atoms. The van der Waals surface area contributed by atoms with Gasteiger partial charge in [0.05, 0.1) is 17.7 Å². The SMILES string of the molecule is CNCc1[nH]cnc1-c1cc2c(cc1C)OCCO2. The summed E-state index contributed by atoms with van der Waals surface area (Å²) in [5, 5.41) is 3.13. The Hall–Kier alpha value is -2.01. The zero-order chi connectivity index (χ0) is 13.2. The van der Waals surface area contributed by atoms with Crippen molar-refractivity contribution in [3.63, 3.8) is 0 Å². The van der Waals surface area contributed by atoms with E-state index in [0.717, 1.165) is 40.6 Å². The summed E-state index contributed by atoms with van der Waals surface area (Å²) < 4.78 is 11.2. The van der Waals surface area contributed by atoms with E-state index >= 15 is 0 Å². The number of rotatable bonds is 3. The zero-order valence-corrected chi connectivity index (χ0v) is 11.1. The minimum Gasteiger partial charge on any atom is -0.486 e. The molecule has 0 unspecified atom stereocenters. The molecule has 1 aromatic carbocycles. The fourth-order valence-corrected chi connectivity index (χ4v) is 2.31.